The van der Waals surface area contributed by atoms with E-state index in [1.54, 1.807) is 12.4 Å². The van der Waals surface area contributed by atoms with Crippen molar-refractivity contribution in [1.82, 2.24) is 9.88 Å². The SMILES string of the molecule is Cc1c(COc2cc(OCc3cncc(C#N)c3)c(C[AsH]CCC[As](C)C)cc2Cl)cccc1-c1cccc(OCCCN2CC[C@@H](O)C2)c1C. The van der Waals surface area contributed by atoms with Crippen molar-refractivity contribution in [2.24, 2.45) is 0 Å². The molecule has 7 nitrogen and oxygen atoms in total. The van der Waals surface area contributed by atoms with Crippen LogP contribution < -0.4 is 14.2 Å². The van der Waals surface area contributed by atoms with E-state index in [4.69, 9.17) is 25.8 Å². The molecule has 51 heavy (non-hydrogen) atoms. The Balaban J connectivity index is 1.27. The summed E-state index contributed by atoms with van der Waals surface area (Å²) in [4.78, 5) is 6.50. The third-order valence-corrected chi connectivity index (χ3v) is 14.9. The van der Waals surface area contributed by atoms with Crippen molar-refractivity contribution < 1.29 is 19.3 Å². The number of aromatic nitrogens is 1. The van der Waals surface area contributed by atoms with Gasteiger partial charge in [-0.15, -0.1) is 0 Å². The van der Waals surface area contributed by atoms with Crippen molar-refractivity contribution in [3.8, 4) is 34.4 Å². The van der Waals surface area contributed by atoms with Gasteiger partial charge in [-0.25, -0.2) is 0 Å². The molecule has 3 aromatic carbocycles. The molecule has 0 saturated carbocycles. The fourth-order valence-electron chi connectivity index (χ4n) is 6.33. The van der Waals surface area contributed by atoms with Gasteiger partial charge in [-0.3, -0.25) is 0 Å². The second-order valence-corrected chi connectivity index (χ2v) is 22.2. The Morgan fingerprint density at radius 1 is 0.941 bits per heavy atom. The summed E-state index contributed by atoms with van der Waals surface area (Å²) in [6.07, 6.45) is 6.21. The summed E-state index contributed by atoms with van der Waals surface area (Å²) in [5.74, 6) is 2.26. The average Bonchev–Trinajstić information content (AvgIpc) is 3.54. The topological polar surface area (TPSA) is 87.8 Å². The Hall–Kier alpha value is -2.97. The number of pyridine rings is 1. The van der Waals surface area contributed by atoms with Gasteiger partial charge in [0.25, 0.3) is 0 Å². The van der Waals surface area contributed by atoms with Gasteiger partial charge in [0, 0.05) is 19.6 Å². The van der Waals surface area contributed by atoms with E-state index in [0.29, 0.717) is 36.2 Å². The Bertz CT molecular complexity index is 1800. The molecule has 4 aromatic rings. The van der Waals surface area contributed by atoms with Gasteiger partial charge < -0.3 is 14.7 Å². The van der Waals surface area contributed by atoms with E-state index in [9.17, 15) is 10.4 Å². The summed E-state index contributed by atoms with van der Waals surface area (Å²) in [6.45, 7) is 8.22. The van der Waals surface area contributed by atoms with Crippen LogP contribution in [0, 0.1) is 25.2 Å². The van der Waals surface area contributed by atoms with E-state index in [0.717, 1.165) is 88.1 Å². The predicted molar refractivity (Wildman–Crippen MR) is 210 cm³/mol. The van der Waals surface area contributed by atoms with Crippen LogP contribution in [0.4, 0.5) is 0 Å². The summed E-state index contributed by atoms with van der Waals surface area (Å²) in [6, 6.07) is 20.5. The monoisotopic (exact) mass is 833 g/mol. The van der Waals surface area contributed by atoms with Gasteiger partial charge in [-0.1, -0.05) is 6.07 Å². The summed E-state index contributed by atoms with van der Waals surface area (Å²) in [5, 5.41) is 23.4. The molecule has 2 heterocycles. The molecule has 5 rings (SSSR count). The maximum atomic E-state index is 9.80. The van der Waals surface area contributed by atoms with Crippen LogP contribution in [0.2, 0.25) is 26.9 Å². The molecule has 10 heteroatoms. The first kappa shape index (κ1) is 39.2. The van der Waals surface area contributed by atoms with Crippen molar-refractivity contribution in [3.63, 3.8) is 0 Å². The van der Waals surface area contributed by atoms with Crippen LogP contribution in [0.15, 0.2) is 67.0 Å². The maximum absolute atomic E-state index is 9.80. The summed E-state index contributed by atoms with van der Waals surface area (Å²) < 4.78 is 19.0. The van der Waals surface area contributed by atoms with Crippen molar-refractivity contribution in [2.75, 3.05) is 26.2 Å². The molecule has 1 N–H and O–H groups in total. The van der Waals surface area contributed by atoms with E-state index in [-0.39, 0.29) is 21.9 Å². The number of hydrogen-bond acceptors (Lipinski definition) is 7. The molecule has 270 valence electrons. The molecule has 1 aliphatic heterocycles. The number of nitrogens with zero attached hydrogens (tertiary/aromatic N) is 3. The molecular formula is C41H50As2ClN3O4. The van der Waals surface area contributed by atoms with Crippen LogP contribution in [-0.2, 0) is 18.4 Å². The van der Waals surface area contributed by atoms with Gasteiger partial charge in [-0.05, 0) is 25.8 Å². The third-order valence-electron chi connectivity index (χ3n) is 9.23. The van der Waals surface area contributed by atoms with Crippen molar-refractivity contribution in [2.45, 2.75) is 79.5 Å². The van der Waals surface area contributed by atoms with Crippen molar-refractivity contribution in [3.05, 3.63) is 105 Å². The number of aliphatic hydroxyl groups is 1. The van der Waals surface area contributed by atoms with Gasteiger partial charge >= 0.3 is 237 Å². The minimum Gasteiger partial charge on any atom is -0.493 e. The van der Waals surface area contributed by atoms with E-state index in [2.05, 4.69) is 71.6 Å². The van der Waals surface area contributed by atoms with Gasteiger partial charge in [0.15, 0.2) is 0 Å². The molecule has 0 radical (unpaired) electrons. The number of aliphatic hydroxyl groups excluding tert-OH is 1. The van der Waals surface area contributed by atoms with E-state index in [1.165, 1.54) is 16.8 Å². The van der Waals surface area contributed by atoms with Gasteiger partial charge in [-0.2, -0.15) is 0 Å². The third kappa shape index (κ3) is 11.5. The zero-order valence-electron chi connectivity index (χ0n) is 30.3. The molecule has 0 bridgehead atoms. The Labute approximate surface area is 320 Å². The summed E-state index contributed by atoms with van der Waals surface area (Å²) in [5.41, 5.74) is 12.9. The molecule has 0 aliphatic carbocycles. The molecule has 1 aliphatic rings. The number of hydrogen-bond donors (Lipinski definition) is 1. The van der Waals surface area contributed by atoms with Crippen LogP contribution in [0.1, 0.15) is 52.6 Å². The summed E-state index contributed by atoms with van der Waals surface area (Å²) >= 11 is 6.12. The normalized spacial score (nSPS) is 14.7. The Morgan fingerprint density at radius 2 is 1.73 bits per heavy atom. The van der Waals surface area contributed by atoms with Crippen LogP contribution in [-0.4, -0.2) is 77.7 Å². The van der Waals surface area contributed by atoms with E-state index in [1.807, 2.05) is 24.3 Å². The molecule has 0 spiro atoms. The summed E-state index contributed by atoms with van der Waals surface area (Å²) in [7, 11) is 0. The first-order valence-electron chi connectivity index (χ1n) is 17.7. The minimum absolute atomic E-state index is 0.169. The molecule has 1 unspecified atom stereocenters. The smallest absolute Gasteiger partial charge is 0.493 e. The van der Waals surface area contributed by atoms with Crippen molar-refractivity contribution in [1.29, 1.82) is 5.26 Å². The van der Waals surface area contributed by atoms with Crippen LogP contribution in [0.3, 0.4) is 0 Å². The number of rotatable bonds is 18. The number of benzene rings is 3. The molecule has 1 aromatic heterocycles. The van der Waals surface area contributed by atoms with Gasteiger partial charge in [0.2, 0.25) is 0 Å². The zero-order chi connectivity index (χ0) is 36.2. The molecule has 1 fully saturated rings. The first-order valence-corrected chi connectivity index (χ1v) is 26.1. The molecular weight excluding hydrogens is 784 g/mol. The molecule has 0 amide bonds. The Morgan fingerprint density at radius 3 is 2.49 bits per heavy atom. The van der Waals surface area contributed by atoms with Crippen molar-refractivity contribution >= 4 is 42.0 Å². The van der Waals surface area contributed by atoms with E-state index < -0.39 is 14.7 Å². The fraction of sp³-hybridized carbons (Fsp3) is 0.415. The second-order valence-electron chi connectivity index (χ2n) is 13.5. The number of ether oxygens (including phenoxy) is 3. The number of nitriles is 1. The van der Waals surface area contributed by atoms with E-state index >= 15 is 0 Å². The zero-order valence-corrected chi connectivity index (χ0v) is 35.0. The number of likely N-dealkylation sites (tertiary alicyclic amines) is 1. The first-order chi connectivity index (χ1) is 24.7. The average molecular weight is 834 g/mol. The molecule has 1 saturated heterocycles. The molecule has 2 atom stereocenters. The number of β-amino-alcohol motifs (C(OH)–C–C–N with tert-alkyl or cyclic N) is 1. The Kier molecular flexibility index (Phi) is 15.2. The van der Waals surface area contributed by atoms with Gasteiger partial charge in [0.05, 0.1) is 12.7 Å². The van der Waals surface area contributed by atoms with Gasteiger partial charge in [0.1, 0.15) is 5.75 Å². The van der Waals surface area contributed by atoms with Crippen LogP contribution in [0.25, 0.3) is 11.1 Å². The fourth-order valence-corrected chi connectivity index (χ4v) is 12.0. The minimum atomic E-state index is -0.587. The van der Waals surface area contributed by atoms with Crippen LogP contribution >= 0.6 is 11.6 Å². The number of halogens is 1. The quantitative estimate of drug-likeness (QED) is 0.0797. The predicted octanol–water partition coefficient (Wildman–Crippen LogP) is 8.38. The van der Waals surface area contributed by atoms with Crippen LogP contribution in [0.5, 0.6) is 17.2 Å². The standard InChI is InChI=1S/C41H50As2ClN3O4/c1-29-33(9-5-10-36(29)37-11-6-12-39(30(37)2)49-18-8-16-47-17-13-35(48)26-47)28-51-41-21-40(50-27-32-19-31(23-45)24-46-25-32)34(20-38(41)44)22-42-14-7-15-43(3)4/h5-6,9-12,19-21,24-25,35,42,48H,7-8,13-18,22,26-28H2,1-4H3/t35-/m1/s1. The second kappa shape index (κ2) is 19.7.